The van der Waals surface area contributed by atoms with Crippen molar-refractivity contribution in [1.82, 2.24) is 74.5 Å². The number of phenols is 1. The summed E-state index contributed by atoms with van der Waals surface area (Å²) < 4.78 is 75.9. The van der Waals surface area contributed by atoms with Crippen LogP contribution in [0.25, 0.3) is 0 Å². The summed E-state index contributed by atoms with van der Waals surface area (Å²) in [4.78, 5) is 140. The van der Waals surface area contributed by atoms with E-state index in [9.17, 15) is 58.2 Å². The molecule has 40 heteroatoms. The third-order valence-corrected chi connectivity index (χ3v) is 30.6. The van der Waals surface area contributed by atoms with Gasteiger partial charge in [-0.25, -0.2) is 0 Å². The second-order valence-electron chi connectivity index (χ2n) is 43.2. The molecular formula is C109H180N15O25+. The number of unbranched alkanes of at least 4 members (excludes halogenated alkanes) is 1. The second-order valence-corrected chi connectivity index (χ2v) is 43.2. The van der Waals surface area contributed by atoms with Gasteiger partial charge in [0.25, 0.3) is 0 Å². The number of quaternary nitrogens is 1. The molecule has 2 fully saturated rings. The number of aliphatic hydroxyl groups is 1. The number of carbonyl (C=O) groups is 10. The summed E-state index contributed by atoms with van der Waals surface area (Å²) in [7, 11) is 8.12. The van der Waals surface area contributed by atoms with Crippen molar-refractivity contribution in [1.29, 1.82) is 0 Å². The van der Waals surface area contributed by atoms with E-state index in [4.69, 9.17) is 61.6 Å². The molecule has 149 heavy (non-hydrogen) atoms. The molecule has 8 aliphatic rings. The van der Waals surface area contributed by atoms with Crippen LogP contribution in [-0.2, 0) is 140 Å². The minimum absolute atomic E-state index is 0.00228. The van der Waals surface area contributed by atoms with Crippen LogP contribution in [-0.4, -0.2) is 353 Å². The van der Waals surface area contributed by atoms with Gasteiger partial charge in [-0.2, -0.15) is 0 Å². The van der Waals surface area contributed by atoms with Crippen LogP contribution in [0.5, 0.6) is 5.75 Å². The number of ketones is 2. The molecule has 10 rings (SSSR count). The number of fused-ring (bicyclic) bond motifs is 6. The average Bonchev–Trinajstić information content (AvgIpc) is 1.14. The number of benzene rings is 2. The zero-order chi connectivity index (χ0) is 107. The van der Waals surface area contributed by atoms with E-state index in [-0.39, 0.29) is 150 Å². The molecule has 14 N–H and O–H groups in total. The van der Waals surface area contributed by atoms with Crippen LogP contribution in [0.4, 0.5) is 0 Å². The number of aryl methyl sites for hydroxylation is 2. The van der Waals surface area contributed by atoms with Crippen LogP contribution < -0.4 is 64.5 Å². The summed E-state index contributed by atoms with van der Waals surface area (Å²) in [5.74, 6) is -5.24. The van der Waals surface area contributed by atoms with Crippen molar-refractivity contribution in [3.8, 4) is 5.75 Å². The molecule has 0 radical (unpaired) electrons. The van der Waals surface area contributed by atoms with Crippen LogP contribution in [0.2, 0.25) is 0 Å². The van der Waals surface area contributed by atoms with Gasteiger partial charge in [-0.05, 0) is 185 Å². The number of aromatic hydroxyl groups is 1. The number of amides is 8. The summed E-state index contributed by atoms with van der Waals surface area (Å²) in [6, 6.07) is 7.99. The number of imide groups is 1. The molecule has 0 saturated heterocycles. The Labute approximate surface area is 882 Å². The fourth-order valence-electron chi connectivity index (χ4n) is 22.2. The highest BCUT2D eigenvalue weighted by Gasteiger charge is 2.59. The van der Waals surface area contributed by atoms with E-state index < -0.39 is 82.1 Å². The number of hydrogen-bond donors (Lipinski definition) is 14. The van der Waals surface area contributed by atoms with Gasteiger partial charge in [-0.15, -0.1) is 11.1 Å². The van der Waals surface area contributed by atoms with Gasteiger partial charge >= 0.3 is 0 Å². The Morgan fingerprint density at radius 2 is 0.913 bits per heavy atom. The number of nitrogens with zero attached hydrogens (tertiary/aromatic N) is 3. The standard InChI is InChI=1S/C109H179N15O25/c1-77(2)99(90(128)70-78(3)102(133)115-86(74-125)89(127)72-79-27-28-80-30-33-93-106(4,83(80)71-79)37-20-39-108(93,6)104(135)117-105(136)109(7)40-21-38-107(5)84-73-82(126)32-29-81(84)31-34-94(107)109)116-103(134)85(22-18-19-41-111-97(131)75-148-91-25-16-12-14-23-87-100(91)118-120-122(87)46-53-142-59-65-147-69-67-143-60-54-137-48-35-95(129)112-42-47-124(9,10)11)114-96(130)36-49-138-55-61-144-66-68-146-63-57-140-51-44-113-98(132)76-149-92-26-17-13-15-24-88-101(92)119-121-123(88)45-52-141-58-64-145-62-56-139-50-43-110-8/h27-29,32,71,73,77-78,85-86,91-94,99,110,118-121,125H,12-26,30-31,33-70,72,74-76H2,1-11H3,(H7-,111,112,113,114,115,116,117,126,129,130,131,132,133,134,135,136)/p+1/t78-,85-,86+,91?,92?,93-,94-,99+,106-,107-,108+,109+/m1/s1. The third-order valence-electron chi connectivity index (χ3n) is 30.6. The fraction of sp³-hybridized carbons (Fsp3) is 0.761. The molecule has 2 aliphatic heterocycles. The van der Waals surface area contributed by atoms with E-state index in [1.54, 1.807) is 19.9 Å². The first-order valence-corrected chi connectivity index (χ1v) is 55.0. The molecule has 2 unspecified atom stereocenters. The first-order valence-electron chi connectivity index (χ1n) is 55.0. The number of phenolic OH excluding ortho intramolecular Hbond substituents is 1. The van der Waals surface area contributed by atoms with E-state index in [1.807, 2.05) is 56.2 Å². The SMILES string of the molecule is CNCCOCCOCCOCCN1NNC2=C1CCCCCC2OCC(=O)NCCOCCOCCOCCOCCC(=O)N[C@H](CCCCNC(=O)COC1CCCCCC2=C1NNN2CCOCCOCCOCCOCCC(=O)NCC[N+](C)(C)C)C(=O)N[C@H](C(=O)C[C@@H](C)C(=O)N[C@@H](CO)C(=O)Cc1ccc2c(c1)[C@@]1(C)CCC[C@](C)(C(=O)NC(=O)[C@@]3(C)CCC[C@]4(C)c5cc(O)ccc5CC[C@@H]34)[C@@H]1CC2)C(C)C. The van der Waals surface area contributed by atoms with Gasteiger partial charge in [-0.3, -0.25) is 63.3 Å². The molecule has 0 spiro atoms. The Balaban J connectivity index is 0.644. The highest BCUT2D eigenvalue weighted by Crippen LogP contribution is 2.60. The Kier molecular flexibility index (Phi) is 52.5. The predicted octanol–water partition coefficient (Wildman–Crippen LogP) is 5.74. The molecular weight excluding hydrogens is 1920 g/mol. The van der Waals surface area contributed by atoms with E-state index >= 15 is 0 Å². The molecule has 2 aromatic rings. The number of Topliss-reactive ketones (excluding diaryl/α,β-unsaturated/α-hetero) is 2. The molecule has 2 heterocycles. The van der Waals surface area contributed by atoms with Crippen LogP contribution >= 0.6 is 0 Å². The summed E-state index contributed by atoms with van der Waals surface area (Å²) in [6.07, 6.45) is 16.6. The van der Waals surface area contributed by atoms with Gasteiger partial charge in [-0.1, -0.05) is 111 Å². The first-order chi connectivity index (χ1) is 71.8. The molecule has 2 saturated carbocycles. The number of hydrogen-bond acceptors (Lipinski definition) is 32. The monoisotopic (exact) mass is 2100 g/mol. The van der Waals surface area contributed by atoms with Crippen molar-refractivity contribution in [3.05, 3.63) is 87.0 Å². The second kappa shape index (κ2) is 64.0. The number of hydrazine groups is 4. The third kappa shape index (κ3) is 38.9. The maximum absolute atomic E-state index is 15.0. The lowest BCUT2D eigenvalue weighted by atomic mass is 9.49. The van der Waals surface area contributed by atoms with E-state index in [0.29, 0.717) is 182 Å². The first kappa shape index (κ1) is 122. The van der Waals surface area contributed by atoms with Gasteiger partial charge in [0.05, 0.1) is 239 Å². The van der Waals surface area contributed by atoms with Gasteiger partial charge in [0.2, 0.25) is 47.3 Å². The maximum atomic E-state index is 15.0. The minimum atomic E-state index is -1.32. The van der Waals surface area contributed by atoms with Crippen molar-refractivity contribution in [2.75, 3.05) is 239 Å². The molecule has 6 aliphatic carbocycles. The minimum Gasteiger partial charge on any atom is -0.508 e. The van der Waals surface area contributed by atoms with Crippen molar-refractivity contribution in [2.45, 2.75) is 263 Å². The topological polar surface area (TPSA) is 482 Å². The quantitative estimate of drug-likeness (QED) is 0.0213. The Hall–Kier alpha value is -8.50. The number of allylic oxidation sites excluding steroid dienone is 2. The van der Waals surface area contributed by atoms with Crippen LogP contribution in [0.3, 0.4) is 0 Å². The van der Waals surface area contributed by atoms with E-state index in [2.05, 4.69) is 104 Å². The molecule has 0 bridgehead atoms. The number of carbonyl (C=O) groups excluding carboxylic acids is 10. The lowest BCUT2D eigenvalue weighted by Gasteiger charge is -2.56. The molecule has 2 aromatic carbocycles. The van der Waals surface area contributed by atoms with Crippen molar-refractivity contribution >= 4 is 58.8 Å². The van der Waals surface area contributed by atoms with Crippen molar-refractivity contribution in [2.24, 2.45) is 34.5 Å². The van der Waals surface area contributed by atoms with E-state index in [0.717, 1.165) is 160 Å². The van der Waals surface area contributed by atoms with Crippen molar-refractivity contribution in [3.63, 3.8) is 0 Å². The van der Waals surface area contributed by atoms with Gasteiger partial charge in [0.15, 0.2) is 11.6 Å². The summed E-state index contributed by atoms with van der Waals surface area (Å²) in [5.41, 5.74) is 19.7. The summed E-state index contributed by atoms with van der Waals surface area (Å²) >= 11 is 0. The zero-order valence-corrected chi connectivity index (χ0v) is 91.0. The van der Waals surface area contributed by atoms with Gasteiger partial charge in [0, 0.05) is 51.2 Å². The number of aliphatic hydroxyl groups excluding tert-OH is 1. The maximum Gasteiger partial charge on any atom is 0.246 e. The summed E-state index contributed by atoms with van der Waals surface area (Å²) in [5, 5.41) is 48.7. The number of likely N-dealkylation sites (N-methyl/N-ethyl adjacent to an activating group) is 2. The molecule has 40 nitrogen and oxygen atoms in total. The van der Waals surface area contributed by atoms with Gasteiger partial charge in [0.1, 0.15) is 43.3 Å². The highest BCUT2D eigenvalue weighted by molar-refractivity contribution is 6.01. The predicted molar refractivity (Wildman–Crippen MR) is 559 cm³/mol. The molecule has 12 atom stereocenters. The Morgan fingerprint density at radius 3 is 1.40 bits per heavy atom. The van der Waals surface area contributed by atoms with Crippen LogP contribution in [0.1, 0.15) is 230 Å². The largest absolute Gasteiger partial charge is 0.508 e. The molecule has 0 aromatic heterocycles. The van der Waals surface area contributed by atoms with Crippen LogP contribution in [0.15, 0.2) is 59.2 Å². The number of ether oxygens (including phenoxy) is 13. The highest BCUT2D eigenvalue weighted by atomic mass is 16.6. The average molecular weight is 2100 g/mol. The fourth-order valence-corrected chi connectivity index (χ4v) is 22.2. The van der Waals surface area contributed by atoms with Gasteiger partial charge < -0.3 is 124 Å². The Bertz CT molecular complexity index is 4580. The van der Waals surface area contributed by atoms with Crippen LogP contribution in [0, 0.1) is 34.5 Å². The smallest absolute Gasteiger partial charge is 0.246 e. The normalized spacial score (nSPS) is 22.5. The van der Waals surface area contributed by atoms with Crippen molar-refractivity contribution < 1.29 is 124 Å². The van der Waals surface area contributed by atoms with E-state index in [1.165, 1.54) is 12.5 Å². The zero-order valence-electron chi connectivity index (χ0n) is 91.0. The Morgan fingerprint density at radius 1 is 0.456 bits per heavy atom. The lowest BCUT2D eigenvalue weighted by molar-refractivity contribution is -0.869. The number of nitrogens with one attached hydrogen (secondary N) is 12. The molecule has 840 valence electrons. The number of rotatable bonds is 71. The molecule has 8 amide bonds. The lowest BCUT2D eigenvalue weighted by Crippen LogP contribution is -2.60. The summed E-state index contributed by atoms with van der Waals surface area (Å²) in [6.45, 7) is 24.6.